The molecule has 8 nitrogen and oxygen atoms in total. The molecule has 2 heterocycles. The Kier molecular flexibility index (Phi) is 9.15. The van der Waals surface area contributed by atoms with Crippen LogP contribution in [0.15, 0.2) is 96.6 Å². The quantitative estimate of drug-likeness (QED) is 0.168. The summed E-state index contributed by atoms with van der Waals surface area (Å²) < 4.78 is 1.66. The molecular weight excluding hydrogens is 762 g/mol. The molecule has 2 aromatic heterocycles. The molecule has 0 unspecified atom stereocenters. The van der Waals surface area contributed by atoms with Gasteiger partial charge in [-0.05, 0) is 106 Å². The van der Waals surface area contributed by atoms with Gasteiger partial charge in [0, 0.05) is 48.9 Å². The van der Waals surface area contributed by atoms with Crippen LogP contribution in [0.25, 0.3) is 11.3 Å². The number of carbonyl (C=O) groups is 2. The second kappa shape index (κ2) is 13.0. The second-order valence-corrected chi connectivity index (χ2v) is 12.1. The third kappa shape index (κ3) is 6.68. The molecule has 206 valence electrons. The highest BCUT2D eigenvalue weighted by molar-refractivity contribution is 14.1. The predicted molar refractivity (Wildman–Crippen MR) is 183 cm³/mol. The standard InChI is InChI=1S/C30H24I2N6O2S/c1-19-13-14-21(16-24(19)35-28-36-25(18-41-28)20-8-7-15-33-17-20)34-29(39)38(27-12-6-4-10-23(27)32)30(40)37(2)26-11-5-3-9-22(26)31/h3-18H,1-2H3,(H,34,39)(H,35,36). The van der Waals surface area contributed by atoms with Gasteiger partial charge >= 0.3 is 12.1 Å². The van der Waals surface area contributed by atoms with Gasteiger partial charge in [-0.15, -0.1) is 11.3 Å². The minimum absolute atomic E-state index is 0.480. The van der Waals surface area contributed by atoms with Gasteiger partial charge in [-0.2, -0.15) is 0 Å². The average Bonchev–Trinajstić information content (AvgIpc) is 3.45. The van der Waals surface area contributed by atoms with Crippen molar-refractivity contribution in [2.24, 2.45) is 0 Å². The van der Waals surface area contributed by atoms with Crippen LogP contribution < -0.4 is 20.4 Å². The van der Waals surface area contributed by atoms with E-state index in [1.165, 1.54) is 21.1 Å². The Balaban J connectivity index is 1.40. The monoisotopic (exact) mass is 786 g/mol. The summed E-state index contributed by atoms with van der Waals surface area (Å²) in [6.07, 6.45) is 3.50. The molecule has 2 N–H and O–H groups in total. The fourth-order valence-electron chi connectivity index (χ4n) is 4.02. The van der Waals surface area contributed by atoms with Crippen LogP contribution in [0, 0.1) is 14.1 Å². The Morgan fingerprint density at radius 1 is 0.902 bits per heavy atom. The van der Waals surface area contributed by atoms with Crippen molar-refractivity contribution in [2.75, 3.05) is 27.5 Å². The number of carbonyl (C=O) groups excluding carboxylic acids is 2. The smallest absolute Gasteiger partial charge is 0.331 e. The molecule has 41 heavy (non-hydrogen) atoms. The fraction of sp³-hybridized carbons (Fsp3) is 0.0667. The molecule has 0 saturated carbocycles. The number of rotatable bonds is 6. The molecule has 0 fully saturated rings. The number of thiazole rings is 1. The average molecular weight is 786 g/mol. The number of pyridine rings is 1. The number of halogens is 2. The summed E-state index contributed by atoms with van der Waals surface area (Å²) in [7, 11) is 1.66. The van der Waals surface area contributed by atoms with E-state index in [1.54, 1.807) is 31.6 Å². The molecule has 5 aromatic rings. The molecule has 0 bridgehead atoms. The van der Waals surface area contributed by atoms with Gasteiger partial charge in [-0.3, -0.25) is 9.88 Å². The first kappa shape index (κ1) is 29.0. The molecule has 11 heteroatoms. The minimum atomic E-state index is -0.570. The third-order valence-corrected chi connectivity index (χ3v) is 8.76. The molecule has 0 aliphatic rings. The van der Waals surface area contributed by atoms with Crippen molar-refractivity contribution in [3.63, 3.8) is 0 Å². The highest BCUT2D eigenvalue weighted by Crippen LogP contribution is 2.31. The Labute approximate surface area is 269 Å². The molecule has 5 rings (SSSR count). The van der Waals surface area contributed by atoms with Crippen molar-refractivity contribution < 1.29 is 9.59 Å². The maximum Gasteiger partial charge on any atom is 0.337 e. The molecular formula is C30H24I2N6O2S. The van der Waals surface area contributed by atoms with Gasteiger partial charge in [0.2, 0.25) is 0 Å². The highest BCUT2D eigenvalue weighted by Gasteiger charge is 2.29. The summed E-state index contributed by atoms with van der Waals surface area (Å²) in [5, 5.41) is 8.96. The van der Waals surface area contributed by atoms with Crippen LogP contribution in [0.2, 0.25) is 0 Å². The molecule has 0 radical (unpaired) electrons. The van der Waals surface area contributed by atoms with Crippen LogP contribution in [0.3, 0.4) is 0 Å². The number of hydrogen-bond donors (Lipinski definition) is 2. The van der Waals surface area contributed by atoms with Crippen molar-refractivity contribution in [3.8, 4) is 11.3 Å². The predicted octanol–water partition coefficient (Wildman–Crippen LogP) is 8.76. The first-order valence-corrected chi connectivity index (χ1v) is 15.5. The molecule has 4 amide bonds. The minimum Gasteiger partial charge on any atom is -0.331 e. The SMILES string of the molecule is Cc1ccc(NC(=O)N(C(=O)N(C)c2ccccc2I)c2ccccc2I)cc1Nc1nc(-c2cccnc2)cs1. The van der Waals surface area contributed by atoms with Gasteiger partial charge in [0.15, 0.2) is 5.13 Å². The third-order valence-electron chi connectivity index (χ3n) is 6.18. The van der Waals surface area contributed by atoms with E-state index in [9.17, 15) is 9.59 Å². The molecule has 0 aliphatic carbocycles. The number of para-hydroxylation sites is 2. The van der Waals surface area contributed by atoms with Crippen molar-refractivity contribution >= 4 is 96.5 Å². The van der Waals surface area contributed by atoms with Crippen LogP contribution >= 0.6 is 56.5 Å². The Bertz CT molecular complexity index is 1710. The summed E-state index contributed by atoms with van der Waals surface area (Å²) in [6, 6.07) is 23.2. The normalized spacial score (nSPS) is 10.6. The summed E-state index contributed by atoms with van der Waals surface area (Å²) in [5.74, 6) is 0. The maximum absolute atomic E-state index is 13.8. The van der Waals surface area contributed by atoms with Crippen molar-refractivity contribution in [1.82, 2.24) is 9.97 Å². The number of anilines is 5. The number of nitrogens with zero attached hydrogens (tertiary/aromatic N) is 4. The zero-order valence-electron chi connectivity index (χ0n) is 22.0. The number of urea groups is 2. The summed E-state index contributed by atoms with van der Waals surface area (Å²) in [6.45, 7) is 1.97. The van der Waals surface area contributed by atoms with E-state index in [0.29, 0.717) is 22.2 Å². The first-order valence-electron chi connectivity index (χ1n) is 12.4. The lowest BCUT2D eigenvalue weighted by Crippen LogP contribution is -2.47. The summed E-state index contributed by atoms with van der Waals surface area (Å²) in [5.41, 5.74) is 5.26. The number of aromatic nitrogens is 2. The van der Waals surface area contributed by atoms with Crippen LogP contribution in [0.5, 0.6) is 0 Å². The highest BCUT2D eigenvalue weighted by atomic mass is 127. The number of amides is 4. The number of aryl methyl sites for hydroxylation is 1. The molecule has 0 atom stereocenters. The zero-order valence-corrected chi connectivity index (χ0v) is 27.1. The molecule has 0 aliphatic heterocycles. The van der Waals surface area contributed by atoms with Crippen molar-refractivity contribution in [1.29, 1.82) is 0 Å². The number of imide groups is 1. The van der Waals surface area contributed by atoms with E-state index in [-0.39, 0.29) is 0 Å². The Morgan fingerprint density at radius 2 is 1.61 bits per heavy atom. The second-order valence-electron chi connectivity index (χ2n) is 8.94. The number of benzene rings is 3. The number of hydrogen-bond acceptors (Lipinski definition) is 6. The van der Waals surface area contributed by atoms with E-state index < -0.39 is 12.1 Å². The molecule has 0 saturated heterocycles. The largest absolute Gasteiger partial charge is 0.337 e. The van der Waals surface area contributed by atoms with Gasteiger partial charge in [0.05, 0.1) is 17.1 Å². The van der Waals surface area contributed by atoms with Gasteiger partial charge in [0.1, 0.15) is 0 Å². The lowest BCUT2D eigenvalue weighted by atomic mass is 10.2. The number of nitrogens with one attached hydrogen (secondary N) is 2. The van der Waals surface area contributed by atoms with Crippen molar-refractivity contribution in [3.05, 3.63) is 109 Å². The zero-order chi connectivity index (χ0) is 28.9. The van der Waals surface area contributed by atoms with Crippen molar-refractivity contribution in [2.45, 2.75) is 6.92 Å². The van der Waals surface area contributed by atoms with Gasteiger partial charge in [-0.1, -0.05) is 30.3 Å². The van der Waals surface area contributed by atoms with Gasteiger partial charge < -0.3 is 10.6 Å². The summed E-state index contributed by atoms with van der Waals surface area (Å²) >= 11 is 5.79. The molecule has 3 aromatic carbocycles. The maximum atomic E-state index is 13.8. The Morgan fingerprint density at radius 3 is 2.29 bits per heavy atom. The van der Waals surface area contributed by atoms with E-state index in [4.69, 9.17) is 0 Å². The van der Waals surface area contributed by atoms with Crippen LogP contribution in [-0.2, 0) is 0 Å². The lowest BCUT2D eigenvalue weighted by molar-refractivity contribution is 0.244. The molecule has 0 spiro atoms. The van der Waals surface area contributed by atoms with Crippen LogP contribution in [-0.4, -0.2) is 29.1 Å². The van der Waals surface area contributed by atoms with E-state index in [0.717, 1.165) is 29.6 Å². The van der Waals surface area contributed by atoms with E-state index >= 15 is 0 Å². The summed E-state index contributed by atoms with van der Waals surface area (Å²) in [4.78, 5) is 39.1. The van der Waals surface area contributed by atoms with Crippen LogP contribution in [0.4, 0.5) is 37.5 Å². The van der Waals surface area contributed by atoms with E-state index in [2.05, 4.69) is 65.8 Å². The van der Waals surface area contributed by atoms with E-state index in [1.807, 2.05) is 79.0 Å². The first-order chi connectivity index (χ1) is 19.8. The Hall–Kier alpha value is -3.56. The van der Waals surface area contributed by atoms with Crippen LogP contribution in [0.1, 0.15) is 5.56 Å². The topological polar surface area (TPSA) is 90.5 Å². The van der Waals surface area contributed by atoms with Gasteiger partial charge in [-0.25, -0.2) is 19.5 Å². The van der Waals surface area contributed by atoms with Gasteiger partial charge in [0.25, 0.3) is 0 Å². The fourth-order valence-corrected chi connectivity index (χ4v) is 6.13. The lowest BCUT2D eigenvalue weighted by Gasteiger charge is -2.28.